The molecule has 0 bridgehead atoms. The number of benzene rings is 1. The van der Waals surface area contributed by atoms with Crippen molar-refractivity contribution in [2.24, 2.45) is 4.99 Å². The van der Waals surface area contributed by atoms with E-state index in [0.29, 0.717) is 6.04 Å². The van der Waals surface area contributed by atoms with E-state index in [0.717, 1.165) is 36.8 Å². The summed E-state index contributed by atoms with van der Waals surface area (Å²) in [6, 6.07) is 10.9. The highest BCUT2D eigenvalue weighted by molar-refractivity contribution is 7.14. The maximum absolute atomic E-state index is 4.99. The Kier molecular flexibility index (Phi) is 3.16. The average Bonchev–Trinajstić information content (AvgIpc) is 2.89. The summed E-state index contributed by atoms with van der Waals surface area (Å²) in [4.78, 5) is 7.41. The molecule has 108 valence electrons. The molecule has 4 nitrogen and oxygen atoms in total. The maximum Gasteiger partial charge on any atom is 0.139 e. The first-order valence-electron chi connectivity index (χ1n) is 7.33. The third kappa shape index (κ3) is 2.22. The third-order valence-corrected chi connectivity index (χ3v) is 4.89. The Morgan fingerprint density at radius 3 is 3.10 bits per heavy atom. The summed E-state index contributed by atoms with van der Waals surface area (Å²) in [5.41, 5.74) is 3.31. The first-order chi connectivity index (χ1) is 10.3. The molecule has 0 aliphatic carbocycles. The zero-order chi connectivity index (χ0) is 14.2. The monoisotopic (exact) mass is 298 g/mol. The average molecular weight is 298 g/mol. The molecule has 0 amide bonds. The summed E-state index contributed by atoms with van der Waals surface area (Å²) in [7, 11) is 0. The van der Waals surface area contributed by atoms with Crippen LogP contribution >= 0.6 is 11.3 Å². The molecule has 5 heteroatoms. The lowest BCUT2D eigenvalue weighted by Gasteiger charge is -2.36. The number of nitrogens with one attached hydrogen (secondary N) is 2. The van der Waals surface area contributed by atoms with Gasteiger partial charge in [-0.25, -0.2) is 4.99 Å². The van der Waals surface area contributed by atoms with Crippen molar-refractivity contribution in [2.45, 2.75) is 13.0 Å². The van der Waals surface area contributed by atoms with Crippen LogP contribution in [0.5, 0.6) is 0 Å². The lowest BCUT2D eigenvalue weighted by atomic mass is 10.1. The van der Waals surface area contributed by atoms with Crippen LogP contribution in [0.25, 0.3) is 0 Å². The van der Waals surface area contributed by atoms with Crippen LogP contribution in [0.1, 0.15) is 12.5 Å². The topological polar surface area (TPSA) is 39.7 Å². The smallest absolute Gasteiger partial charge is 0.139 e. The summed E-state index contributed by atoms with van der Waals surface area (Å²) < 4.78 is 0. The number of para-hydroxylation sites is 2. The van der Waals surface area contributed by atoms with Crippen LogP contribution in [-0.2, 0) is 0 Å². The molecule has 1 unspecified atom stereocenters. The Bertz CT molecular complexity index is 691. The van der Waals surface area contributed by atoms with Crippen molar-refractivity contribution in [1.29, 1.82) is 0 Å². The number of anilines is 2. The summed E-state index contributed by atoms with van der Waals surface area (Å²) >= 11 is 1.74. The largest absolute Gasteiger partial charge is 0.351 e. The van der Waals surface area contributed by atoms with Gasteiger partial charge in [-0.15, -0.1) is 11.3 Å². The van der Waals surface area contributed by atoms with E-state index in [1.165, 1.54) is 10.6 Å². The van der Waals surface area contributed by atoms with E-state index in [-0.39, 0.29) is 0 Å². The van der Waals surface area contributed by atoms with Gasteiger partial charge in [0.05, 0.1) is 16.9 Å². The Balaban J connectivity index is 1.85. The Labute approximate surface area is 128 Å². The van der Waals surface area contributed by atoms with E-state index < -0.39 is 0 Å². The van der Waals surface area contributed by atoms with Crippen LogP contribution in [0.4, 0.5) is 16.4 Å². The molecule has 2 N–H and O–H groups in total. The van der Waals surface area contributed by atoms with Gasteiger partial charge in [0.1, 0.15) is 10.8 Å². The highest BCUT2D eigenvalue weighted by atomic mass is 32.1. The Morgan fingerprint density at radius 1 is 1.29 bits per heavy atom. The summed E-state index contributed by atoms with van der Waals surface area (Å²) in [6.45, 7) is 5.27. The molecule has 1 atom stereocenters. The number of nitrogens with zero attached hydrogens (tertiary/aromatic N) is 2. The number of hydrogen-bond acceptors (Lipinski definition) is 5. The SMILES string of the molecule is CC1CNCCN1C1=Nc2ccccc2Nc2sccc21. The van der Waals surface area contributed by atoms with Crippen molar-refractivity contribution in [3.05, 3.63) is 41.3 Å². The molecule has 1 aromatic heterocycles. The molecule has 2 aliphatic rings. The molecule has 0 spiro atoms. The van der Waals surface area contributed by atoms with Crippen molar-refractivity contribution in [1.82, 2.24) is 10.2 Å². The summed E-state index contributed by atoms with van der Waals surface area (Å²) in [6.07, 6.45) is 0. The molecule has 21 heavy (non-hydrogen) atoms. The normalized spacial score (nSPS) is 20.9. The second-order valence-electron chi connectivity index (χ2n) is 5.49. The van der Waals surface area contributed by atoms with Gasteiger partial charge in [0.15, 0.2) is 0 Å². The number of piperazine rings is 1. The number of thiophene rings is 1. The summed E-state index contributed by atoms with van der Waals surface area (Å²) in [5.74, 6) is 1.10. The van der Waals surface area contributed by atoms with E-state index in [1.54, 1.807) is 11.3 Å². The van der Waals surface area contributed by atoms with Crippen molar-refractivity contribution < 1.29 is 0 Å². The minimum absolute atomic E-state index is 0.454. The van der Waals surface area contributed by atoms with Crippen LogP contribution in [-0.4, -0.2) is 36.4 Å². The first-order valence-corrected chi connectivity index (χ1v) is 8.21. The predicted octanol–water partition coefficient (Wildman–Crippen LogP) is 3.18. The molecular formula is C16H18N4S. The predicted molar refractivity (Wildman–Crippen MR) is 89.3 cm³/mol. The quantitative estimate of drug-likeness (QED) is 0.785. The molecule has 4 rings (SSSR count). The molecule has 1 fully saturated rings. The van der Waals surface area contributed by atoms with E-state index in [1.807, 2.05) is 12.1 Å². The number of fused-ring (bicyclic) bond motifs is 2. The van der Waals surface area contributed by atoms with E-state index in [9.17, 15) is 0 Å². The standard InChI is InChI=1S/C16H18N4S/c1-11-10-17-7-8-20(11)15-12-6-9-21-16(12)19-14-5-3-2-4-13(14)18-15/h2-6,9,11,17,19H,7-8,10H2,1H3. The Hall–Kier alpha value is -1.85. The molecule has 1 saturated heterocycles. The van der Waals surface area contributed by atoms with Gasteiger partial charge in [0.25, 0.3) is 0 Å². The third-order valence-electron chi connectivity index (χ3n) is 4.06. The number of hydrogen-bond donors (Lipinski definition) is 2. The maximum atomic E-state index is 4.99. The molecule has 2 aliphatic heterocycles. The molecule has 3 heterocycles. The lowest BCUT2D eigenvalue weighted by Crippen LogP contribution is -2.52. The summed E-state index contributed by atoms with van der Waals surface area (Å²) in [5, 5.41) is 10.3. The fraction of sp³-hybridized carbons (Fsp3) is 0.312. The van der Waals surface area contributed by atoms with Gasteiger partial charge in [-0.1, -0.05) is 12.1 Å². The van der Waals surface area contributed by atoms with Gasteiger partial charge >= 0.3 is 0 Å². The van der Waals surface area contributed by atoms with Gasteiger partial charge < -0.3 is 15.5 Å². The van der Waals surface area contributed by atoms with Crippen LogP contribution in [0.15, 0.2) is 40.7 Å². The van der Waals surface area contributed by atoms with Gasteiger partial charge in [0, 0.05) is 25.7 Å². The number of rotatable bonds is 0. The molecule has 2 aromatic rings. The molecule has 0 saturated carbocycles. The number of amidine groups is 1. The van der Waals surface area contributed by atoms with Crippen molar-refractivity contribution in [2.75, 3.05) is 25.0 Å². The zero-order valence-electron chi connectivity index (χ0n) is 12.0. The fourth-order valence-electron chi connectivity index (χ4n) is 2.93. The van der Waals surface area contributed by atoms with Crippen molar-refractivity contribution in [3.63, 3.8) is 0 Å². The van der Waals surface area contributed by atoms with Gasteiger partial charge in [-0.3, -0.25) is 0 Å². The zero-order valence-corrected chi connectivity index (χ0v) is 12.8. The minimum atomic E-state index is 0.454. The van der Waals surface area contributed by atoms with Crippen LogP contribution < -0.4 is 10.6 Å². The van der Waals surface area contributed by atoms with Gasteiger partial charge in [0.2, 0.25) is 0 Å². The molecular weight excluding hydrogens is 280 g/mol. The number of aliphatic imine (C=N–C) groups is 1. The second-order valence-corrected chi connectivity index (χ2v) is 6.40. The van der Waals surface area contributed by atoms with Gasteiger partial charge in [-0.2, -0.15) is 0 Å². The fourth-order valence-corrected chi connectivity index (χ4v) is 3.73. The van der Waals surface area contributed by atoms with E-state index >= 15 is 0 Å². The van der Waals surface area contributed by atoms with Crippen molar-refractivity contribution in [3.8, 4) is 0 Å². The van der Waals surface area contributed by atoms with Crippen LogP contribution in [0.3, 0.4) is 0 Å². The second kappa shape index (κ2) is 5.16. The lowest BCUT2D eigenvalue weighted by molar-refractivity contribution is 0.275. The first kappa shape index (κ1) is 12.9. The minimum Gasteiger partial charge on any atom is -0.351 e. The highest BCUT2D eigenvalue weighted by Crippen LogP contribution is 2.37. The van der Waals surface area contributed by atoms with E-state index in [2.05, 4.69) is 46.0 Å². The van der Waals surface area contributed by atoms with Crippen LogP contribution in [0.2, 0.25) is 0 Å². The molecule has 0 radical (unpaired) electrons. The Morgan fingerprint density at radius 2 is 2.19 bits per heavy atom. The van der Waals surface area contributed by atoms with Crippen molar-refractivity contribution >= 4 is 33.5 Å². The molecule has 1 aromatic carbocycles. The van der Waals surface area contributed by atoms with Gasteiger partial charge in [-0.05, 0) is 30.5 Å². The van der Waals surface area contributed by atoms with Crippen LogP contribution in [0, 0.1) is 0 Å². The van der Waals surface area contributed by atoms with E-state index in [4.69, 9.17) is 4.99 Å². The highest BCUT2D eigenvalue weighted by Gasteiger charge is 2.26.